The molecule has 3 rings (SSSR count). The van der Waals surface area contributed by atoms with Crippen molar-refractivity contribution in [3.63, 3.8) is 0 Å². The summed E-state index contributed by atoms with van der Waals surface area (Å²) in [6, 6.07) is 12.0. The third kappa shape index (κ3) is 1.94. The van der Waals surface area contributed by atoms with E-state index in [9.17, 15) is 4.79 Å². The Morgan fingerprint density at radius 3 is 2.50 bits per heavy atom. The van der Waals surface area contributed by atoms with Gasteiger partial charge in [-0.25, -0.2) is 0 Å². The van der Waals surface area contributed by atoms with Gasteiger partial charge in [-0.3, -0.25) is 4.79 Å². The van der Waals surface area contributed by atoms with E-state index in [2.05, 4.69) is 11.1 Å². The minimum Gasteiger partial charge on any atom is -0.360 e. The summed E-state index contributed by atoms with van der Waals surface area (Å²) >= 11 is 0. The van der Waals surface area contributed by atoms with Gasteiger partial charge in [-0.05, 0) is 38.0 Å². The van der Waals surface area contributed by atoms with Gasteiger partial charge in [-0.2, -0.15) is 0 Å². The number of carbonyl (C=O) groups is 1. The molecule has 20 heavy (non-hydrogen) atoms. The van der Waals surface area contributed by atoms with Crippen LogP contribution in [0.5, 0.6) is 0 Å². The molecule has 1 heterocycles. The Labute approximate surface area is 118 Å². The SMILES string of the molecule is Cc1ccc(C(=O)c2c[nH]c3cccc(C)c23)c(C)c1. The van der Waals surface area contributed by atoms with Gasteiger partial charge in [0.15, 0.2) is 5.78 Å². The van der Waals surface area contributed by atoms with Crippen molar-refractivity contribution < 1.29 is 4.79 Å². The summed E-state index contributed by atoms with van der Waals surface area (Å²) < 4.78 is 0. The molecule has 2 aromatic carbocycles. The van der Waals surface area contributed by atoms with Crippen molar-refractivity contribution in [1.29, 1.82) is 0 Å². The number of H-pyrrole nitrogens is 1. The molecule has 2 heteroatoms. The highest BCUT2D eigenvalue weighted by molar-refractivity contribution is 6.17. The molecule has 0 saturated heterocycles. The average Bonchev–Trinajstić information content (AvgIpc) is 2.83. The van der Waals surface area contributed by atoms with Gasteiger partial charge in [0.1, 0.15) is 0 Å². The van der Waals surface area contributed by atoms with Crippen molar-refractivity contribution in [2.75, 3.05) is 0 Å². The number of nitrogens with one attached hydrogen (secondary N) is 1. The first-order valence-corrected chi connectivity index (χ1v) is 6.76. The molecule has 0 saturated carbocycles. The zero-order chi connectivity index (χ0) is 14.3. The molecule has 3 aromatic rings. The zero-order valence-electron chi connectivity index (χ0n) is 11.9. The molecule has 0 fully saturated rings. The average molecular weight is 263 g/mol. The van der Waals surface area contributed by atoms with E-state index >= 15 is 0 Å². The van der Waals surface area contributed by atoms with Gasteiger partial charge in [0.05, 0.1) is 0 Å². The van der Waals surface area contributed by atoms with Crippen molar-refractivity contribution in [1.82, 2.24) is 4.98 Å². The van der Waals surface area contributed by atoms with Crippen LogP contribution in [0.1, 0.15) is 32.6 Å². The largest absolute Gasteiger partial charge is 0.360 e. The zero-order valence-corrected chi connectivity index (χ0v) is 11.9. The number of aromatic nitrogens is 1. The molecule has 2 nitrogen and oxygen atoms in total. The standard InChI is InChI=1S/C18H17NO/c1-11-7-8-14(13(3)9-11)18(20)15-10-19-16-6-4-5-12(2)17(15)16/h4-10,19H,1-3H3. The van der Waals surface area contributed by atoms with Crippen LogP contribution >= 0.6 is 0 Å². The van der Waals surface area contributed by atoms with Crippen molar-refractivity contribution in [2.24, 2.45) is 0 Å². The number of rotatable bonds is 2. The maximum Gasteiger partial charge on any atom is 0.195 e. The van der Waals surface area contributed by atoms with E-state index in [1.807, 2.05) is 57.3 Å². The Bertz CT molecular complexity index is 811. The van der Waals surface area contributed by atoms with Crippen LogP contribution in [0.3, 0.4) is 0 Å². The number of benzene rings is 2. The van der Waals surface area contributed by atoms with Crippen LogP contribution in [0.2, 0.25) is 0 Å². The van der Waals surface area contributed by atoms with E-state index in [-0.39, 0.29) is 5.78 Å². The quantitative estimate of drug-likeness (QED) is 0.686. The van der Waals surface area contributed by atoms with E-state index in [0.29, 0.717) is 0 Å². The lowest BCUT2D eigenvalue weighted by molar-refractivity contribution is 0.103. The number of hydrogen-bond acceptors (Lipinski definition) is 1. The molecule has 100 valence electrons. The van der Waals surface area contributed by atoms with Crippen molar-refractivity contribution in [3.05, 3.63) is 70.4 Å². The Morgan fingerprint density at radius 2 is 1.75 bits per heavy atom. The molecule has 0 unspecified atom stereocenters. The predicted octanol–water partition coefficient (Wildman–Crippen LogP) is 4.32. The minimum absolute atomic E-state index is 0.0862. The Kier molecular flexibility index (Phi) is 2.94. The molecule has 0 radical (unpaired) electrons. The van der Waals surface area contributed by atoms with Crippen LogP contribution in [-0.2, 0) is 0 Å². The number of aryl methyl sites for hydroxylation is 3. The van der Waals surface area contributed by atoms with Crippen LogP contribution in [0, 0.1) is 20.8 Å². The second-order valence-electron chi connectivity index (χ2n) is 5.35. The lowest BCUT2D eigenvalue weighted by Crippen LogP contribution is -2.03. The second-order valence-corrected chi connectivity index (χ2v) is 5.35. The highest BCUT2D eigenvalue weighted by atomic mass is 16.1. The molecule has 0 amide bonds. The topological polar surface area (TPSA) is 32.9 Å². The van der Waals surface area contributed by atoms with Crippen LogP contribution in [0.25, 0.3) is 10.9 Å². The van der Waals surface area contributed by atoms with Crippen LogP contribution < -0.4 is 0 Å². The third-order valence-electron chi connectivity index (χ3n) is 3.79. The Balaban J connectivity index is 2.18. The molecule has 1 N–H and O–H groups in total. The van der Waals surface area contributed by atoms with Gasteiger partial charge in [0.25, 0.3) is 0 Å². The molecule has 0 bridgehead atoms. The lowest BCUT2D eigenvalue weighted by atomic mass is 9.96. The first-order chi connectivity index (χ1) is 9.58. The van der Waals surface area contributed by atoms with Crippen LogP contribution in [0.4, 0.5) is 0 Å². The molecule has 0 atom stereocenters. The number of hydrogen-bond donors (Lipinski definition) is 1. The first-order valence-electron chi connectivity index (χ1n) is 6.76. The maximum absolute atomic E-state index is 12.8. The van der Waals surface area contributed by atoms with E-state index < -0.39 is 0 Å². The molecule has 0 spiro atoms. The Morgan fingerprint density at radius 1 is 0.950 bits per heavy atom. The molecule has 1 aromatic heterocycles. The van der Waals surface area contributed by atoms with E-state index in [0.717, 1.165) is 33.2 Å². The maximum atomic E-state index is 12.8. The van der Waals surface area contributed by atoms with Gasteiger partial charge in [-0.1, -0.05) is 35.9 Å². The second kappa shape index (κ2) is 4.64. The van der Waals surface area contributed by atoms with E-state index in [4.69, 9.17) is 0 Å². The minimum atomic E-state index is 0.0862. The van der Waals surface area contributed by atoms with Gasteiger partial charge < -0.3 is 4.98 Å². The smallest absolute Gasteiger partial charge is 0.195 e. The van der Waals surface area contributed by atoms with Crippen molar-refractivity contribution in [2.45, 2.75) is 20.8 Å². The summed E-state index contributed by atoms with van der Waals surface area (Å²) in [7, 11) is 0. The number of aromatic amines is 1. The van der Waals surface area contributed by atoms with Crippen molar-refractivity contribution >= 4 is 16.7 Å². The first kappa shape index (κ1) is 12.7. The fourth-order valence-electron chi connectivity index (χ4n) is 2.76. The summed E-state index contributed by atoms with van der Waals surface area (Å²) in [5.74, 6) is 0.0862. The summed E-state index contributed by atoms with van der Waals surface area (Å²) in [6.07, 6.45) is 1.82. The molecular formula is C18H17NO. The Hall–Kier alpha value is -2.35. The fraction of sp³-hybridized carbons (Fsp3) is 0.167. The normalized spacial score (nSPS) is 10.9. The number of carbonyl (C=O) groups excluding carboxylic acids is 1. The lowest BCUT2D eigenvalue weighted by Gasteiger charge is -2.06. The summed E-state index contributed by atoms with van der Waals surface area (Å²) in [5.41, 5.74) is 5.87. The van der Waals surface area contributed by atoms with E-state index in [1.54, 1.807) is 0 Å². The van der Waals surface area contributed by atoms with Gasteiger partial charge in [-0.15, -0.1) is 0 Å². The molecule has 0 aliphatic carbocycles. The molecule has 0 aliphatic rings. The van der Waals surface area contributed by atoms with Crippen LogP contribution in [-0.4, -0.2) is 10.8 Å². The number of fused-ring (bicyclic) bond motifs is 1. The van der Waals surface area contributed by atoms with Gasteiger partial charge in [0.2, 0.25) is 0 Å². The summed E-state index contributed by atoms with van der Waals surface area (Å²) in [4.78, 5) is 16.0. The van der Waals surface area contributed by atoms with Gasteiger partial charge in [0, 0.05) is 28.2 Å². The van der Waals surface area contributed by atoms with Crippen LogP contribution in [0.15, 0.2) is 42.6 Å². The highest BCUT2D eigenvalue weighted by Gasteiger charge is 2.17. The van der Waals surface area contributed by atoms with E-state index in [1.165, 1.54) is 5.56 Å². The third-order valence-corrected chi connectivity index (χ3v) is 3.79. The summed E-state index contributed by atoms with van der Waals surface area (Å²) in [5, 5.41) is 1.03. The van der Waals surface area contributed by atoms with Crippen molar-refractivity contribution in [3.8, 4) is 0 Å². The summed E-state index contributed by atoms with van der Waals surface area (Å²) in [6.45, 7) is 6.06. The monoisotopic (exact) mass is 263 g/mol. The molecular weight excluding hydrogens is 246 g/mol. The predicted molar refractivity (Wildman–Crippen MR) is 82.4 cm³/mol. The highest BCUT2D eigenvalue weighted by Crippen LogP contribution is 2.25. The molecule has 0 aliphatic heterocycles. The number of ketones is 1. The van der Waals surface area contributed by atoms with Gasteiger partial charge >= 0.3 is 0 Å². The fourth-order valence-corrected chi connectivity index (χ4v) is 2.76.